The second-order valence-corrected chi connectivity index (χ2v) is 4.50. The molecule has 0 radical (unpaired) electrons. The second-order valence-electron chi connectivity index (χ2n) is 4.06. The first-order chi connectivity index (χ1) is 8.25. The van der Waals surface area contributed by atoms with Crippen LogP contribution in [-0.4, -0.2) is 5.91 Å². The predicted octanol–water partition coefficient (Wildman–Crippen LogP) is 3.42. The van der Waals surface area contributed by atoms with Crippen LogP contribution in [0, 0.1) is 0 Å². The van der Waals surface area contributed by atoms with Gasteiger partial charge in [0.05, 0.1) is 5.92 Å². The normalized spacial score (nSPS) is 17.7. The molecule has 0 bridgehead atoms. The minimum Gasteiger partial charge on any atom is -0.325 e. The summed E-state index contributed by atoms with van der Waals surface area (Å²) < 4.78 is 0. The van der Waals surface area contributed by atoms with Crippen molar-refractivity contribution in [2.75, 3.05) is 5.32 Å². The van der Waals surface area contributed by atoms with Crippen LogP contribution in [0.1, 0.15) is 17.0 Å². The van der Waals surface area contributed by atoms with Gasteiger partial charge >= 0.3 is 0 Å². The number of rotatable bonds is 1. The summed E-state index contributed by atoms with van der Waals surface area (Å²) in [7, 11) is 0. The van der Waals surface area contributed by atoms with E-state index in [1.54, 1.807) is 6.07 Å². The lowest BCUT2D eigenvalue weighted by molar-refractivity contribution is -0.116. The lowest BCUT2D eigenvalue weighted by Crippen LogP contribution is -2.12. The molecule has 0 saturated heterocycles. The van der Waals surface area contributed by atoms with Crippen LogP contribution >= 0.6 is 11.6 Å². The lowest BCUT2D eigenvalue weighted by Gasteiger charge is -2.08. The van der Waals surface area contributed by atoms with Gasteiger partial charge in [0.1, 0.15) is 0 Å². The average Bonchev–Trinajstić information content (AvgIpc) is 2.65. The Labute approximate surface area is 104 Å². The topological polar surface area (TPSA) is 29.1 Å². The molecule has 3 rings (SSSR count). The summed E-state index contributed by atoms with van der Waals surface area (Å²) >= 11 is 5.98. The standard InChI is InChI=1S/C14H10ClNO/c15-10-6-7-12-11(8-10)13(14(17)16-12)9-4-2-1-3-5-9/h1-8,13H,(H,16,17). The Bertz CT molecular complexity index is 580. The maximum atomic E-state index is 12.0. The molecule has 1 amide bonds. The third kappa shape index (κ3) is 1.71. The molecule has 1 heterocycles. The maximum Gasteiger partial charge on any atom is 0.236 e. The van der Waals surface area contributed by atoms with E-state index in [0.29, 0.717) is 5.02 Å². The molecule has 2 aromatic rings. The molecule has 1 atom stereocenters. The van der Waals surface area contributed by atoms with E-state index < -0.39 is 0 Å². The monoisotopic (exact) mass is 243 g/mol. The highest BCUT2D eigenvalue weighted by Gasteiger charge is 2.31. The molecule has 1 aliphatic heterocycles. The van der Waals surface area contributed by atoms with Crippen LogP contribution in [0.4, 0.5) is 5.69 Å². The number of anilines is 1. The van der Waals surface area contributed by atoms with Gasteiger partial charge in [-0.25, -0.2) is 0 Å². The highest BCUT2D eigenvalue weighted by Crippen LogP contribution is 2.38. The number of hydrogen-bond acceptors (Lipinski definition) is 1. The molecule has 17 heavy (non-hydrogen) atoms. The van der Waals surface area contributed by atoms with Crippen molar-refractivity contribution >= 4 is 23.2 Å². The van der Waals surface area contributed by atoms with Gasteiger partial charge in [-0.05, 0) is 29.3 Å². The molecular weight excluding hydrogens is 234 g/mol. The number of carbonyl (C=O) groups excluding carboxylic acids is 1. The van der Waals surface area contributed by atoms with E-state index >= 15 is 0 Å². The summed E-state index contributed by atoms with van der Waals surface area (Å²) in [6, 6.07) is 15.2. The Morgan fingerprint density at radius 2 is 1.82 bits per heavy atom. The zero-order valence-electron chi connectivity index (χ0n) is 8.98. The molecule has 0 spiro atoms. The van der Waals surface area contributed by atoms with E-state index in [9.17, 15) is 4.79 Å². The van der Waals surface area contributed by atoms with Gasteiger partial charge < -0.3 is 5.32 Å². The summed E-state index contributed by atoms with van der Waals surface area (Å²) in [4.78, 5) is 12.0. The van der Waals surface area contributed by atoms with Gasteiger partial charge in [-0.2, -0.15) is 0 Å². The SMILES string of the molecule is O=C1Nc2ccc(Cl)cc2C1c1ccccc1. The van der Waals surface area contributed by atoms with Crippen molar-refractivity contribution in [2.24, 2.45) is 0 Å². The molecule has 2 nitrogen and oxygen atoms in total. The van der Waals surface area contributed by atoms with Crippen molar-refractivity contribution in [3.8, 4) is 0 Å². The van der Waals surface area contributed by atoms with Crippen molar-refractivity contribution in [3.05, 3.63) is 64.7 Å². The van der Waals surface area contributed by atoms with Gasteiger partial charge in [0, 0.05) is 10.7 Å². The zero-order valence-corrected chi connectivity index (χ0v) is 9.74. The fourth-order valence-electron chi connectivity index (χ4n) is 2.21. The molecular formula is C14H10ClNO. The second kappa shape index (κ2) is 3.90. The number of halogens is 1. The van der Waals surface area contributed by atoms with E-state index in [4.69, 9.17) is 11.6 Å². The van der Waals surface area contributed by atoms with Gasteiger partial charge in [0.2, 0.25) is 5.91 Å². The number of carbonyl (C=O) groups is 1. The summed E-state index contributed by atoms with van der Waals surface area (Å²) in [5.41, 5.74) is 2.80. The first-order valence-corrected chi connectivity index (χ1v) is 5.79. The number of hydrogen-bond donors (Lipinski definition) is 1. The van der Waals surface area contributed by atoms with Crippen molar-refractivity contribution in [3.63, 3.8) is 0 Å². The summed E-state index contributed by atoms with van der Waals surface area (Å²) in [6.45, 7) is 0. The van der Waals surface area contributed by atoms with Crippen molar-refractivity contribution in [1.29, 1.82) is 0 Å². The van der Waals surface area contributed by atoms with Crippen LogP contribution in [0.3, 0.4) is 0 Å². The van der Waals surface area contributed by atoms with E-state index in [2.05, 4.69) is 5.32 Å². The van der Waals surface area contributed by atoms with Gasteiger partial charge in [0.25, 0.3) is 0 Å². The largest absolute Gasteiger partial charge is 0.325 e. The molecule has 2 aromatic carbocycles. The molecule has 0 aromatic heterocycles. The quantitative estimate of drug-likeness (QED) is 0.817. The van der Waals surface area contributed by atoms with Gasteiger partial charge in [-0.1, -0.05) is 41.9 Å². The number of fused-ring (bicyclic) bond motifs is 1. The molecule has 1 aliphatic rings. The smallest absolute Gasteiger partial charge is 0.236 e. The van der Waals surface area contributed by atoms with Gasteiger partial charge in [0.15, 0.2) is 0 Å². The molecule has 0 fully saturated rings. The number of amides is 1. The summed E-state index contributed by atoms with van der Waals surface area (Å²) in [6.07, 6.45) is 0. The summed E-state index contributed by atoms with van der Waals surface area (Å²) in [5, 5.41) is 3.53. The van der Waals surface area contributed by atoms with Crippen LogP contribution in [0.5, 0.6) is 0 Å². The minimum absolute atomic E-state index is 0.00784. The van der Waals surface area contributed by atoms with Crippen molar-refractivity contribution in [1.82, 2.24) is 0 Å². The number of nitrogens with one attached hydrogen (secondary N) is 1. The Hall–Kier alpha value is -1.80. The Kier molecular flexibility index (Phi) is 2.37. The van der Waals surface area contributed by atoms with Crippen LogP contribution in [0.2, 0.25) is 5.02 Å². The Morgan fingerprint density at radius 3 is 2.59 bits per heavy atom. The van der Waals surface area contributed by atoms with Crippen LogP contribution < -0.4 is 5.32 Å². The van der Waals surface area contributed by atoms with Gasteiger partial charge in [-0.3, -0.25) is 4.79 Å². The van der Waals surface area contributed by atoms with Crippen molar-refractivity contribution in [2.45, 2.75) is 5.92 Å². The molecule has 0 saturated carbocycles. The Morgan fingerprint density at radius 1 is 1.06 bits per heavy atom. The molecule has 3 heteroatoms. The minimum atomic E-state index is -0.245. The van der Waals surface area contributed by atoms with E-state index in [-0.39, 0.29) is 11.8 Å². The third-order valence-corrected chi connectivity index (χ3v) is 3.21. The fourth-order valence-corrected chi connectivity index (χ4v) is 2.39. The van der Waals surface area contributed by atoms with Gasteiger partial charge in [-0.15, -0.1) is 0 Å². The van der Waals surface area contributed by atoms with E-state index in [0.717, 1.165) is 16.8 Å². The van der Waals surface area contributed by atoms with Crippen molar-refractivity contribution < 1.29 is 4.79 Å². The lowest BCUT2D eigenvalue weighted by atomic mass is 9.93. The molecule has 1 unspecified atom stereocenters. The highest BCUT2D eigenvalue weighted by molar-refractivity contribution is 6.31. The molecule has 0 aliphatic carbocycles. The van der Waals surface area contributed by atoms with E-state index in [1.165, 1.54) is 0 Å². The fraction of sp³-hybridized carbons (Fsp3) is 0.0714. The van der Waals surface area contributed by atoms with Crippen LogP contribution in [0.15, 0.2) is 48.5 Å². The Balaban J connectivity index is 2.14. The first kappa shape index (κ1) is 10.4. The molecule has 1 N–H and O–H groups in total. The van der Waals surface area contributed by atoms with E-state index in [1.807, 2.05) is 42.5 Å². The predicted molar refractivity (Wildman–Crippen MR) is 68.4 cm³/mol. The summed E-state index contributed by atoms with van der Waals surface area (Å²) in [5.74, 6) is -0.238. The third-order valence-electron chi connectivity index (χ3n) is 2.98. The molecule has 84 valence electrons. The first-order valence-electron chi connectivity index (χ1n) is 5.41. The number of benzene rings is 2. The maximum absolute atomic E-state index is 12.0. The van der Waals surface area contributed by atoms with Crippen LogP contribution in [0.25, 0.3) is 0 Å². The highest BCUT2D eigenvalue weighted by atomic mass is 35.5. The zero-order chi connectivity index (χ0) is 11.8. The van der Waals surface area contributed by atoms with Crippen LogP contribution in [-0.2, 0) is 4.79 Å². The average molecular weight is 244 g/mol.